The van der Waals surface area contributed by atoms with E-state index in [9.17, 15) is 4.79 Å². The van der Waals surface area contributed by atoms with Gasteiger partial charge in [0.2, 0.25) is 0 Å². The Morgan fingerprint density at radius 3 is 3.07 bits per heavy atom. The second-order valence-electron chi connectivity index (χ2n) is 6.65. The van der Waals surface area contributed by atoms with E-state index in [0.717, 1.165) is 35.2 Å². The van der Waals surface area contributed by atoms with E-state index in [-0.39, 0.29) is 12.0 Å². The molecule has 6 nitrogen and oxygen atoms in total. The molecule has 0 bridgehead atoms. The van der Waals surface area contributed by atoms with Crippen LogP contribution in [0, 0.1) is 6.92 Å². The molecular formula is C19H21ClN4O2S. The van der Waals surface area contributed by atoms with Crippen LogP contribution in [0.1, 0.15) is 35.8 Å². The minimum Gasteiger partial charge on any atom is -0.376 e. The predicted octanol–water partition coefficient (Wildman–Crippen LogP) is 4.30. The molecule has 27 heavy (non-hydrogen) atoms. The highest BCUT2D eigenvalue weighted by Gasteiger charge is 2.28. The van der Waals surface area contributed by atoms with Gasteiger partial charge in [-0.1, -0.05) is 22.9 Å². The number of rotatable bonds is 5. The normalized spacial score (nSPS) is 16.9. The number of ether oxygens (including phenoxy) is 1. The number of hydrogen-bond acceptors (Lipinski definition) is 5. The van der Waals surface area contributed by atoms with Crippen LogP contribution in [0.15, 0.2) is 24.4 Å². The van der Waals surface area contributed by atoms with Gasteiger partial charge in [-0.05, 0) is 50.5 Å². The van der Waals surface area contributed by atoms with Crippen LogP contribution < -0.4 is 4.90 Å². The van der Waals surface area contributed by atoms with E-state index in [4.69, 9.17) is 21.3 Å². The minimum atomic E-state index is -0.104. The summed E-state index contributed by atoms with van der Waals surface area (Å²) in [5.74, 6) is -0.104. The van der Waals surface area contributed by atoms with E-state index in [2.05, 4.69) is 5.10 Å². The molecule has 0 spiro atoms. The largest absolute Gasteiger partial charge is 0.376 e. The summed E-state index contributed by atoms with van der Waals surface area (Å²) in [4.78, 5) is 19.8. The first-order chi connectivity index (χ1) is 13.1. The highest BCUT2D eigenvalue weighted by Crippen LogP contribution is 2.34. The van der Waals surface area contributed by atoms with E-state index in [0.29, 0.717) is 28.9 Å². The number of halogens is 1. The van der Waals surface area contributed by atoms with Gasteiger partial charge in [0.1, 0.15) is 5.69 Å². The van der Waals surface area contributed by atoms with E-state index in [1.807, 2.05) is 26.0 Å². The lowest BCUT2D eigenvalue weighted by Gasteiger charge is -2.23. The summed E-state index contributed by atoms with van der Waals surface area (Å²) in [5, 5.41) is 5.58. The third-order valence-electron chi connectivity index (χ3n) is 4.76. The summed E-state index contributed by atoms with van der Waals surface area (Å²) in [6.07, 6.45) is 3.66. The number of carbonyl (C=O) groups excluding carboxylic acids is 1. The maximum atomic E-state index is 13.4. The number of hydrogen-bond donors (Lipinski definition) is 0. The van der Waals surface area contributed by atoms with Crippen molar-refractivity contribution in [3.63, 3.8) is 0 Å². The molecule has 1 amide bonds. The van der Waals surface area contributed by atoms with Gasteiger partial charge < -0.3 is 4.74 Å². The van der Waals surface area contributed by atoms with Gasteiger partial charge in [0.15, 0.2) is 5.13 Å². The Morgan fingerprint density at radius 2 is 2.33 bits per heavy atom. The molecule has 1 fully saturated rings. The van der Waals surface area contributed by atoms with Crippen LogP contribution in [0.25, 0.3) is 10.2 Å². The smallest absolute Gasteiger partial charge is 0.278 e. The molecule has 3 heterocycles. The summed E-state index contributed by atoms with van der Waals surface area (Å²) in [7, 11) is 0. The van der Waals surface area contributed by atoms with E-state index >= 15 is 0 Å². The molecule has 0 radical (unpaired) electrons. The van der Waals surface area contributed by atoms with Crippen molar-refractivity contribution in [3.05, 3.63) is 40.7 Å². The molecule has 1 aromatic carbocycles. The molecule has 0 aliphatic carbocycles. The van der Waals surface area contributed by atoms with Crippen molar-refractivity contribution in [1.29, 1.82) is 0 Å². The van der Waals surface area contributed by atoms with Crippen LogP contribution in [-0.4, -0.2) is 39.9 Å². The Labute approximate surface area is 166 Å². The number of fused-ring (bicyclic) bond motifs is 1. The van der Waals surface area contributed by atoms with Gasteiger partial charge in [0, 0.05) is 24.4 Å². The second-order valence-corrected chi connectivity index (χ2v) is 8.09. The lowest BCUT2D eigenvalue weighted by Crippen LogP contribution is -2.38. The number of benzene rings is 1. The Bertz CT molecular complexity index is 977. The number of aryl methyl sites for hydroxylation is 2. The number of thiazole rings is 1. The SMILES string of the molecule is CCn1nccc1C(=O)N(CC1CCCO1)c1nc2c(C)cc(Cl)cc2s1. The molecule has 0 N–H and O–H groups in total. The zero-order valence-electron chi connectivity index (χ0n) is 15.3. The Morgan fingerprint density at radius 1 is 1.48 bits per heavy atom. The van der Waals surface area contributed by atoms with E-state index < -0.39 is 0 Å². The van der Waals surface area contributed by atoms with Gasteiger partial charge in [-0.2, -0.15) is 5.10 Å². The van der Waals surface area contributed by atoms with Gasteiger partial charge in [0.05, 0.1) is 22.9 Å². The molecule has 1 aliphatic heterocycles. The third-order valence-corrected chi connectivity index (χ3v) is 6.00. The van der Waals surface area contributed by atoms with Crippen LogP contribution in [-0.2, 0) is 11.3 Å². The van der Waals surface area contributed by atoms with E-state index in [1.54, 1.807) is 21.8 Å². The van der Waals surface area contributed by atoms with Crippen molar-refractivity contribution < 1.29 is 9.53 Å². The fourth-order valence-corrected chi connectivity index (χ4v) is 4.83. The molecule has 1 aliphatic rings. The minimum absolute atomic E-state index is 0.0312. The fourth-order valence-electron chi connectivity index (χ4n) is 3.40. The summed E-state index contributed by atoms with van der Waals surface area (Å²) in [5.41, 5.74) is 2.45. The van der Waals surface area contributed by atoms with Gasteiger partial charge in [-0.15, -0.1) is 0 Å². The van der Waals surface area contributed by atoms with Crippen molar-refractivity contribution in [2.24, 2.45) is 0 Å². The number of aromatic nitrogens is 3. The molecule has 142 valence electrons. The lowest BCUT2D eigenvalue weighted by atomic mass is 10.2. The molecule has 3 aromatic rings. The quantitative estimate of drug-likeness (QED) is 0.636. The molecular weight excluding hydrogens is 384 g/mol. The molecule has 8 heteroatoms. The first-order valence-corrected chi connectivity index (χ1v) is 10.3. The zero-order valence-corrected chi connectivity index (χ0v) is 16.9. The summed E-state index contributed by atoms with van der Waals surface area (Å²) < 4.78 is 8.47. The number of nitrogens with zero attached hydrogens (tertiary/aromatic N) is 4. The van der Waals surface area contributed by atoms with E-state index in [1.165, 1.54) is 11.3 Å². The van der Waals surface area contributed by atoms with Crippen molar-refractivity contribution in [2.75, 3.05) is 18.1 Å². The monoisotopic (exact) mass is 404 g/mol. The van der Waals surface area contributed by atoms with Crippen LogP contribution in [0.3, 0.4) is 0 Å². The standard InChI is InChI=1S/C19H21ClN4O2S/c1-3-24-15(6-7-21-24)18(25)23(11-14-5-4-8-26-14)19-22-17-12(2)9-13(20)10-16(17)27-19/h6-7,9-10,14H,3-5,8,11H2,1-2H3. The van der Waals surface area contributed by atoms with Gasteiger partial charge in [-0.3, -0.25) is 14.4 Å². The van der Waals surface area contributed by atoms with Crippen LogP contribution in [0.2, 0.25) is 5.02 Å². The molecule has 1 unspecified atom stereocenters. The summed E-state index contributed by atoms with van der Waals surface area (Å²) >= 11 is 7.68. The van der Waals surface area contributed by atoms with Crippen LogP contribution in [0.5, 0.6) is 0 Å². The van der Waals surface area contributed by atoms with Crippen molar-refractivity contribution in [2.45, 2.75) is 39.3 Å². The highest BCUT2D eigenvalue weighted by atomic mass is 35.5. The van der Waals surface area contributed by atoms with Crippen LogP contribution >= 0.6 is 22.9 Å². The summed E-state index contributed by atoms with van der Waals surface area (Å²) in [6, 6.07) is 5.55. The van der Waals surface area contributed by atoms with Gasteiger partial charge in [-0.25, -0.2) is 4.98 Å². The average molecular weight is 405 g/mol. The van der Waals surface area contributed by atoms with Crippen molar-refractivity contribution >= 4 is 44.2 Å². The Balaban J connectivity index is 1.75. The number of amides is 1. The number of anilines is 1. The molecule has 1 saturated heterocycles. The average Bonchev–Trinajstić information content (AvgIpc) is 3.38. The highest BCUT2D eigenvalue weighted by molar-refractivity contribution is 7.22. The molecule has 1 atom stereocenters. The fraction of sp³-hybridized carbons (Fsp3) is 0.421. The summed E-state index contributed by atoms with van der Waals surface area (Å²) in [6.45, 7) is 5.82. The van der Waals surface area contributed by atoms with Crippen LogP contribution in [0.4, 0.5) is 5.13 Å². The molecule has 4 rings (SSSR count). The second kappa shape index (κ2) is 7.58. The Kier molecular flexibility index (Phi) is 5.16. The molecule has 2 aromatic heterocycles. The first-order valence-electron chi connectivity index (χ1n) is 9.08. The zero-order chi connectivity index (χ0) is 19.0. The maximum Gasteiger partial charge on any atom is 0.278 e. The first kappa shape index (κ1) is 18.4. The predicted molar refractivity (Wildman–Crippen MR) is 108 cm³/mol. The lowest BCUT2D eigenvalue weighted by molar-refractivity contribution is 0.0908. The maximum absolute atomic E-state index is 13.4. The van der Waals surface area contributed by atoms with Gasteiger partial charge in [0.25, 0.3) is 5.91 Å². The topological polar surface area (TPSA) is 60.2 Å². The van der Waals surface area contributed by atoms with Crippen molar-refractivity contribution in [1.82, 2.24) is 14.8 Å². The molecule has 0 saturated carbocycles. The van der Waals surface area contributed by atoms with Gasteiger partial charge >= 0.3 is 0 Å². The Hall–Kier alpha value is -1.96. The van der Waals surface area contributed by atoms with Crippen molar-refractivity contribution in [3.8, 4) is 0 Å². The number of carbonyl (C=O) groups is 1. The third kappa shape index (κ3) is 3.59.